The number of nitrogens with one attached hydrogen (secondary N) is 6. The van der Waals surface area contributed by atoms with Gasteiger partial charge in [0.2, 0.25) is 23.3 Å². The largest absolute Gasteiger partial charge is 0.493 e. The highest BCUT2D eigenvalue weighted by molar-refractivity contribution is 6.31. The lowest BCUT2D eigenvalue weighted by Crippen LogP contribution is -2.19. The summed E-state index contributed by atoms with van der Waals surface area (Å²) in [7, 11) is 9.27. The summed E-state index contributed by atoms with van der Waals surface area (Å²) >= 11 is 6.03. The molecule has 74 heavy (non-hydrogen) atoms. The Morgan fingerprint density at radius 3 is 1.19 bits per heavy atom. The Hall–Kier alpha value is -9.69. The average Bonchev–Trinajstić information content (AvgIpc) is 3.40. The molecule has 0 unspecified atom stereocenters. The number of rotatable bonds is 18. The number of anilines is 8. The van der Waals surface area contributed by atoms with E-state index < -0.39 is 0 Å². The first-order chi connectivity index (χ1) is 35.9. The molecule has 6 N–H and O–H groups in total. The van der Waals surface area contributed by atoms with Crippen molar-refractivity contribution in [3.8, 4) is 57.8 Å². The number of ether oxygens (including phenoxy) is 8. The molecule has 8 rings (SSSR count). The molecule has 6 aromatic carbocycles. The van der Waals surface area contributed by atoms with Gasteiger partial charge in [0.05, 0.1) is 67.4 Å². The zero-order chi connectivity index (χ0) is 52.4. The van der Waals surface area contributed by atoms with Gasteiger partial charge in [0.15, 0.2) is 34.6 Å². The van der Waals surface area contributed by atoms with Crippen molar-refractivity contribution in [2.75, 3.05) is 74.6 Å². The lowest BCUT2D eigenvalue weighted by molar-refractivity contribution is 0.261. The third kappa shape index (κ3) is 14.5. The Morgan fingerprint density at radius 2 is 0.811 bits per heavy atom. The number of aryl methyl sites for hydroxylation is 1. The number of hydrogen-bond acceptors (Lipinski definition) is 16. The molecule has 0 aliphatic carbocycles. The Kier molecular flexibility index (Phi) is 17.9. The van der Waals surface area contributed by atoms with Crippen LogP contribution >= 0.6 is 11.6 Å². The fourth-order valence-corrected chi connectivity index (χ4v) is 6.92. The number of para-hydroxylation sites is 1. The predicted molar refractivity (Wildman–Crippen MR) is 284 cm³/mol. The molecule has 0 aliphatic rings. The van der Waals surface area contributed by atoms with Crippen molar-refractivity contribution < 1.29 is 47.5 Å². The number of carbonyl (C=O) groups is 2. The van der Waals surface area contributed by atoms with Gasteiger partial charge in [0, 0.05) is 63.4 Å². The number of amides is 4. The molecule has 0 saturated carbocycles. The van der Waals surface area contributed by atoms with Crippen LogP contribution in [0.2, 0.25) is 5.02 Å². The molecular formula is C53H51ClN10O10. The highest BCUT2D eigenvalue weighted by Crippen LogP contribution is 2.42. The van der Waals surface area contributed by atoms with Crippen molar-refractivity contribution in [3.63, 3.8) is 0 Å². The van der Waals surface area contributed by atoms with E-state index in [0.717, 1.165) is 5.56 Å². The van der Waals surface area contributed by atoms with Crippen molar-refractivity contribution in [2.45, 2.75) is 6.92 Å². The molecule has 2 aromatic heterocycles. The van der Waals surface area contributed by atoms with Crippen molar-refractivity contribution in [3.05, 3.63) is 157 Å². The molecule has 20 nitrogen and oxygen atoms in total. The first-order valence-electron chi connectivity index (χ1n) is 22.3. The van der Waals surface area contributed by atoms with Gasteiger partial charge in [0.25, 0.3) is 0 Å². The number of urea groups is 2. The maximum atomic E-state index is 12.3. The van der Waals surface area contributed by atoms with Gasteiger partial charge in [-0.15, -0.1) is 0 Å². The van der Waals surface area contributed by atoms with Gasteiger partial charge in [-0.05, 0) is 91.3 Å². The Bertz CT molecular complexity index is 3120. The normalized spacial score (nSPS) is 10.3. The van der Waals surface area contributed by atoms with Crippen LogP contribution in [0.5, 0.6) is 57.8 Å². The predicted octanol–water partition coefficient (Wildman–Crippen LogP) is 12.3. The van der Waals surface area contributed by atoms with Crippen LogP contribution in [0.15, 0.2) is 146 Å². The number of nitrogens with zero attached hydrogens (tertiary/aromatic N) is 4. The molecule has 380 valence electrons. The maximum Gasteiger partial charge on any atom is 0.323 e. The van der Waals surface area contributed by atoms with Crippen LogP contribution in [-0.4, -0.2) is 74.7 Å². The van der Waals surface area contributed by atoms with E-state index in [0.29, 0.717) is 96.8 Å². The van der Waals surface area contributed by atoms with Gasteiger partial charge >= 0.3 is 12.1 Å². The molecule has 21 heteroatoms. The summed E-state index contributed by atoms with van der Waals surface area (Å²) < 4.78 is 43.9. The van der Waals surface area contributed by atoms with Gasteiger partial charge < -0.3 is 69.8 Å². The SMILES string of the molecule is COc1cc(Nc2cncc(Oc3ccc(NC(=O)Nc4ccc(Cl)c(C)c4)cc3)n2)cc(OC)c1OC.COc1cc(Nc2cncc(Oc3ccc(NC(=O)Nc4ccccc4)cc3)n2)cc(OC)c1OC. The smallest absolute Gasteiger partial charge is 0.323 e. The van der Waals surface area contributed by atoms with E-state index >= 15 is 0 Å². The lowest BCUT2D eigenvalue weighted by atomic mass is 10.2. The number of benzene rings is 6. The van der Waals surface area contributed by atoms with Crippen LogP contribution in [0.3, 0.4) is 0 Å². The van der Waals surface area contributed by atoms with Crippen molar-refractivity contribution in [2.24, 2.45) is 0 Å². The molecular weight excluding hydrogens is 972 g/mol. The lowest BCUT2D eigenvalue weighted by Gasteiger charge is -2.15. The number of methoxy groups -OCH3 is 6. The summed E-state index contributed by atoms with van der Waals surface area (Å²) in [5, 5.41) is 18.0. The van der Waals surface area contributed by atoms with Gasteiger partial charge in [-0.2, -0.15) is 9.97 Å². The molecule has 4 amide bonds. The highest BCUT2D eigenvalue weighted by atomic mass is 35.5. The molecule has 2 heterocycles. The van der Waals surface area contributed by atoms with Crippen LogP contribution in [0.1, 0.15) is 5.56 Å². The monoisotopic (exact) mass is 1020 g/mol. The second kappa shape index (κ2) is 25.4. The maximum absolute atomic E-state index is 12.3. The van der Waals surface area contributed by atoms with Gasteiger partial charge in [0.1, 0.15) is 11.5 Å². The molecule has 8 aromatic rings. The van der Waals surface area contributed by atoms with Crippen LogP contribution in [0, 0.1) is 6.92 Å². The minimum atomic E-state index is -0.378. The van der Waals surface area contributed by atoms with E-state index in [-0.39, 0.29) is 23.8 Å². The zero-order valence-electron chi connectivity index (χ0n) is 41.1. The van der Waals surface area contributed by atoms with E-state index in [2.05, 4.69) is 51.8 Å². The number of halogens is 1. The molecule has 0 spiro atoms. The second-order valence-corrected chi connectivity index (χ2v) is 15.7. The molecule has 0 fully saturated rings. The van der Waals surface area contributed by atoms with Crippen molar-refractivity contribution >= 4 is 69.4 Å². The third-order valence-corrected chi connectivity index (χ3v) is 10.6. The van der Waals surface area contributed by atoms with Crippen molar-refractivity contribution in [1.82, 2.24) is 19.9 Å². The highest BCUT2D eigenvalue weighted by Gasteiger charge is 2.16. The summed E-state index contributed by atoms with van der Waals surface area (Å²) in [6, 6.07) is 34.5. The summed E-state index contributed by atoms with van der Waals surface area (Å²) in [5.41, 5.74) is 4.74. The summed E-state index contributed by atoms with van der Waals surface area (Å²) in [5.74, 6) is 5.50. The van der Waals surface area contributed by atoms with Crippen molar-refractivity contribution in [1.29, 1.82) is 0 Å². The molecule has 0 atom stereocenters. The van der Waals surface area contributed by atoms with Crippen LogP contribution in [-0.2, 0) is 0 Å². The standard InChI is InChI=1S/C27H26ClN5O5.C26H25N5O5/c1-16-11-18(7-10-21(16)28)32-27(34)31-17-5-8-20(9-6-17)38-25-15-29-14-24(33-25)30-19-12-22(35-2)26(37-4)23(13-19)36-3;1-33-21-13-19(14-22(34-2)25(21)35-3)28-23-15-27-16-24(31-23)36-20-11-9-18(10-12-20)30-26(32)29-17-7-5-4-6-8-17/h5-15H,1-4H3,(H,30,33)(H2,31,32,34);4-16H,1-3H3,(H,28,31)(H2,29,30,32). The summed E-state index contributed by atoms with van der Waals surface area (Å²) in [4.78, 5) is 41.8. The fraction of sp³-hybridized carbons (Fsp3) is 0.132. The first-order valence-corrected chi connectivity index (χ1v) is 22.6. The van der Waals surface area contributed by atoms with E-state index in [4.69, 9.17) is 49.5 Å². The first kappa shape index (κ1) is 52.1. The molecule has 0 aliphatic heterocycles. The van der Waals surface area contributed by atoms with Gasteiger partial charge in [-0.3, -0.25) is 9.97 Å². The van der Waals surface area contributed by atoms with Gasteiger partial charge in [-0.1, -0.05) is 29.8 Å². The van der Waals surface area contributed by atoms with Crippen LogP contribution in [0.4, 0.5) is 55.3 Å². The van der Waals surface area contributed by atoms with E-state index in [9.17, 15) is 9.59 Å². The average molecular weight is 1020 g/mol. The number of carbonyl (C=O) groups excluding carboxylic acids is 2. The third-order valence-electron chi connectivity index (χ3n) is 10.2. The van der Waals surface area contributed by atoms with E-state index in [1.54, 1.807) is 146 Å². The zero-order valence-corrected chi connectivity index (χ0v) is 41.9. The molecule has 0 bridgehead atoms. The van der Waals surface area contributed by atoms with E-state index in [1.807, 2.05) is 37.3 Å². The summed E-state index contributed by atoms with van der Waals surface area (Å²) in [6.45, 7) is 1.87. The second-order valence-electron chi connectivity index (χ2n) is 15.3. The Morgan fingerprint density at radius 1 is 0.432 bits per heavy atom. The number of hydrogen-bond donors (Lipinski definition) is 6. The minimum absolute atomic E-state index is 0.277. The fourth-order valence-electron chi connectivity index (χ4n) is 6.80. The molecule has 0 radical (unpaired) electrons. The summed E-state index contributed by atoms with van der Waals surface area (Å²) in [6.07, 6.45) is 6.12. The Balaban J connectivity index is 0.000000217. The van der Waals surface area contributed by atoms with Crippen LogP contribution < -0.4 is 69.8 Å². The van der Waals surface area contributed by atoms with E-state index in [1.165, 1.54) is 12.4 Å². The minimum Gasteiger partial charge on any atom is -0.493 e. The van der Waals surface area contributed by atoms with Gasteiger partial charge in [-0.25, -0.2) is 9.59 Å². The Labute approximate surface area is 431 Å². The van der Waals surface area contributed by atoms with Crippen LogP contribution in [0.25, 0.3) is 0 Å². The molecule has 0 saturated heterocycles. The topological polar surface area (TPSA) is 232 Å². The quantitative estimate of drug-likeness (QED) is 0.0469. The number of aromatic nitrogens is 4.